The molecule has 0 radical (unpaired) electrons. The predicted octanol–water partition coefficient (Wildman–Crippen LogP) is 4.07. The highest BCUT2D eigenvalue weighted by Crippen LogP contribution is 2.17. The van der Waals surface area contributed by atoms with Crippen molar-refractivity contribution in [3.8, 4) is 0 Å². The Balaban J connectivity index is 2.22. The zero-order valence-corrected chi connectivity index (χ0v) is 14.2. The van der Waals surface area contributed by atoms with E-state index >= 15 is 0 Å². The lowest BCUT2D eigenvalue weighted by Crippen LogP contribution is -2.05. The average Bonchev–Trinajstić information content (AvgIpc) is 2.60. The molecule has 4 heteroatoms. The first kappa shape index (κ1) is 17.7. The maximum Gasteiger partial charge on any atom is 0.168 e. The van der Waals surface area contributed by atoms with Crippen molar-refractivity contribution in [2.75, 3.05) is 0 Å². The van der Waals surface area contributed by atoms with Crippen molar-refractivity contribution >= 4 is 24.0 Å². The number of Topliss-reactive ketones (excluding diaryl/α,β-unsaturated/α-hetero) is 2. The molecule has 0 aromatic carbocycles. The fourth-order valence-electron chi connectivity index (χ4n) is 2.38. The molecular formula is C20H22N2O2. The number of ketones is 2. The summed E-state index contributed by atoms with van der Waals surface area (Å²) < 4.78 is 0. The van der Waals surface area contributed by atoms with Crippen LogP contribution in [0.3, 0.4) is 0 Å². The number of carbonyl (C=O) groups is 2. The van der Waals surface area contributed by atoms with Crippen molar-refractivity contribution in [1.82, 2.24) is 0 Å². The molecule has 0 heterocycles. The van der Waals surface area contributed by atoms with E-state index in [1.165, 1.54) is 0 Å². The first-order valence-corrected chi connectivity index (χ1v) is 8.25. The van der Waals surface area contributed by atoms with E-state index in [9.17, 15) is 9.59 Å². The van der Waals surface area contributed by atoms with E-state index in [4.69, 9.17) is 0 Å². The number of hydrogen-bond donors (Lipinski definition) is 0. The highest BCUT2D eigenvalue weighted by Gasteiger charge is 2.10. The van der Waals surface area contributed by atoms with E-state index in [0.717, 1.165) is 11.4 Å². The quantitative estimate of drug-likeness (QED) is 0.692. The summed E-state index contributed by atoms with van der Waals surface area (Å²) in [5.74, 6) is 0.144. The van der Waals surface area contributed by atoms with Gasteiger partial charge in [0.15, 0.2) is 11.6 Å². The van der Waals surface area contributed by atoms with Gasteiger partial charge >= 0.3 is 0 Å². The highest BCUT2D eigenvalue weighted by molar-refractivity contribution is 6.15. The Labute approximate surface area is 142 Å². The summed E-state index contributed by atoms with van der Waals surface area (Å²) in [5.41, 5.74) is 2.88. The lowest BCUT2D eigenvalue weighted by molar-refractivity contribution is -0.115. The summed E-state index contributed by atoms with van der Waals surface area (Å²) in [6.45, 7) is 4.01. The maximum atomic E-state index is 11.8. The monoisotopic (exact) mass is 322 g/mol. The van der Waals surface area contributed by atoms with Crippen LogP contribution in [0.5, 0.6) is 0 Å². The van der Waals surface area contributed by atoms with Gasteiger partial charge in [0.1, 0.15) is 0 Å². The summed E-state index contributed by atoms with van der Waals surface area (Å²) in [6, 6.07) is 0. The van der Waals surface area contributed by atoms with Gasteiger partial charge in [-0.3, -0.25) is 19.6 Å². The summed E-state index contributed by atoms with van der Waals surface area (Å²) in [4.78, 5) is 32.5. The average molecular weight is 322 g/mol. The van der Waals surface area contributed by atoms with Crippen LogP contribution in [0.2, 0.25) is 0 Å². The topological polar surface area (TPSA) is 58.9 Å². The second kappa shape index (κ2) is 8.87. The van der Waals surface area contributed by atoms with Crippen LogP contribution >= 0.6 is 0 Å². The molecule has 0 saturated carbocycles. The smallest absolute Gasteiger partial charge is 0.168 e. The fraction of sp³-hybridized carbons (Fsp3) is 0.300. The first-order valence-electron chi connectivity index (χ1n) is 8.25. The van der Waals surface area contributed by atoms with E-state index < -0.39 is 0 Å². The van der Waals surface area contributed by atoms with Crippen LogP contribution in [0.4, 0.5) is 0 Å². The molecule has 0 amide bonds. The van der Waals surface area contributed by atoms with Crippen molar-refractivity contribution < 1.29 is 9.59 Å². The molecule has 0 spiro atoms. The Morgan fingerprint density at radius 1 is 0.875 bits per heavy atom. The Kier molecular flexibility index (Phi) is 6.55. The SMILES string of the molecule is CCC(N=CC1=CC=CCC1=O)=C(CC)N=CC1=CC=CCC1=O. The normalized spacial score (nSPS) is 19.1. The van der Waals surface area contributed by atoms with Gasteiger partial charge in [-0.05, 0) is 12.8 Å². The Bertz CT molecular complexity index is 667. The lowest BCUT2D eigenvalue weighted by atomic mass is 10.0. The lowest BCUT2D eigenvalue weighted by Gasteiger charge is -2.07. The minimum atomic E-state index is 0.0722. The highest BCUT2D eigenvalue weighted by atomic mass is 16.1. The number of aliphatic imine (C=N–C) groups is 2. The van der Waals surface area contributed by atoms with Crippen LogP contribution in [-0.4, -0.2) is 24.0 Å². The molecule has 2 aliphatic carbocycles. The van der Waals surface area contributed by atoms with E-state index in [1.807, 2.05) is 38.2 Å². The molecule has 0 unspecified atom stereocenters. The molecule has 2 aliphatic rings. The van der Waals surface area contributed by atoms with Crippen molar-refractivity contribution in [3.63, 3.8) is 0 Å². The van der Waals surface area contributed by atoms with Gasteiger partial charge in [-0.25, -0.2) is 0 Å². The van der Waals surface area contributed by atoms with Gasteiger partial charge in [-0.1, -0.05) is 50.3 Å². The molecule has 0 fully saturated rings. The van der Waals surface area contributed by atoms with Gasteiger partial charge in [0.2, 0.25) is 0 Å². The number of carbonyl (C=O) groups excluding carboxylic acids is 2. The summed E-state index contributed by atoms with van der Waals surface area (Å²) in [7, 11) is 0. The number of allylic oxidation sites excluding steroid dienone is 10. The number of nitrogens with zero attached hydrogens (tertiary/aromatic N) is 2. The molecule has 0 bridgehead atoms. The van der Waals surface area contributed by atoms with Gasteiger partial charge in [0.25, 0.3) is 0 Å². The van der Waals surface area contributed by atoms with E-state index in [1.54, 1.807) is 24.6 Å². The molecule has 0 atom stereocenters. The summed E-state index contributed by atoms with van der Waals surface area (Å²) in [6.07, 6.45) is 16.4. The fourth-order valence-corrected chi connectivity index (χ4v) is 2.38. The van der Waals surface area contributed by atoms with Gasteiger partial charge < -0.3 is 0 Å². The van der Waals surface area contributed by atoms with Crippen LogP contribution < -0.4 is 0 Å². The van der Waals surface area contributed by atoms with Crippen molar-refractivity contribution in [3.05, 3.63) is 59.0 Å². The molecule has 0 N–H and O–H groups in total. The standard InChI is InChI=1S/C20H22N2O2/c1-3-17(21-13-15-9-5-7-11-19(15)23)18(4-2)22-14-16-10-6-8-12-20(16)24/h5-10,13-14H,3-4,11-12H2,1-2H3. The second-order valence-corrected chi connectivity index (χ2v) is 5.47. The molecule has 2 rings (SSSR count). The summed E-state index contributed by atoms with van der Waals surface area (Å²) >= 11 is 0. The third kappa shape index (κ3) is 4.69. The van der Waals surface area contributed by atoms with E-state index in [-0.39, 0.29) is 11.6 Å². The Morgan fingerprint density at radius 3 is 1.62 bits per heavy atom. The minimum absolute atomic E-state index is 0.0722. The summed E-state index contributed by atoms with van der Waals surface area (Å²) in [5, 5.41) is 0. The van der Waals surface area contributed by atoms with Crippen molar-refractivity contribution in [2.45, 2.75) is 39.5 Å². The van der Waals surface area contributed by atoms with Crippen LogP contribution in [0, 0.1) is 0 Å². The third-order valence-corrected chi connectivity index (χ3v) is 3.80. The van der Waals surface area contributed by atoms with Gasteiger partial charge in [0, 0.05) is 36.4 Å². The number of rotatable bonds is 6. The van der Waals surface area contributed by atoms with Gasteiger partial charge in [-0.2, -0.15) is 0 Å². The van der Waals surface area contributed by atoms with E-state index in [0.29, 0.717) is 36.8 Å². The molecule has 0 aliphatic heterocycles. The molecule has 124 valence electrons. The zero-order valence-electron chi connectivity index (χ0n) is 14.2. The molecule has 0 aromatic heterocycles. The third-order valence-electron chi connectivity index (χ3n) is 3.80. The predicted molar refractivity (Wildman–Crippen MR) is 98.3 cm³/mol. The van der Waals surface area contributed by atoms with Crippen molar-refractivity contribution in [1.29, 1.82) is 0 Å². The Morgan fingerprint density at radius 2 is 1.29 bits per heavy atom. The van der Waals surface area contributed by atoms with Crippen molar-refractivity contribution in [2.24, 2.45) is 9.98 Å². The van der Waals surface area contributed by atoms with Crippen LogP contribution in [-0.2, 0) is 9.59 Å². The minimum Gasteiger partial charge on any atom is -0.294 e. The van der Waals surface area contributed by atoms with Crippen LogP contribution in [0.1, 0.15) is 39.5 Å². The molecule has 4 nitrogen and oxygen atoms in total. The van der Waals surface area contributed by atoms with Gasteiger partial charge in [0.05, 0.1) is 11.4 Å². The number of hydrogen-bond acceptors (Lipinski definition) is 4. The molecule has 24 heavy (non-hydrogen) atoms. The zero-order chi connectivity index (χ0) is 17.4. The maximum absolute atomic E-state index is 11.8. The van der Waals surface area contributed by atoms with Gasteiger partial charge in [-0.15, -0.1) is 0 Å². The van der Waals surface area contributed by atoms with E-state index in [2.05, 4.69) is 9.98 Å². The Hall–Kier alpha value is -2.62. The molecular weight excluding hydrogens is 300 g/mol. The molecule has 0 saturated heterocycles. The first-order chi connectivity index (χ1) is 11.7. The largest absolute Gasteiger partial charge is 0.294 e. The molecule has 0 aromatic rings. The second-order valence-electron chi connectivity index (χ2n) is 5.47. The van der Waals surface area contributed by atoms with Crippen LogP contribution in [0.15, 0.2) is 69.0 Å². The van der Waals surface area contributed by atoms with Crippen LogP contribution in [0.25, 0.3) is 0 Å².